The molecule has 0 aliphatic carbocycles. The van der Waals surface area contributed by atoms with Crippen LogP contribution in [0, 0.1) is 0 Å². The number of rotatable bonds is 1. The number of hydrogen-bond donors (Lipinski definition) is 2. The van der Waals surface area contributed by atoms with E-state index in [0.717, 1.165) is 10.1 Å². The van der Waals surface area contributed by atoms with Gasteiger partial charge in [-0.1, -0.05) is 30.3 Å². The van der Waals surface area contributed by atoms with Crippen LogP contribution in [0.3, 0.4) is 0 Å². The van der Waals surface area contributed by atoms with E-state index in [1.807, 2.05) is 30.3 Å². The molecule has 2 aromatic rings. The fraction of sp³-hybridized carbons (Fsp3) is 0. The van der Waals surface area contributed by atoms with Gasteiger partial charge in [-0.05, 0) is 5.56 Å². The van der Waals surface area contributed by atoms with E-state index in [-0.39, 0.29) is 0 Å². The number of hydrogen-bond acceptors (Lipinski definition) is 2. The molecule has 1 aromatic carbocycles. The van der Waals surface area contributed by atoms with Crippen molar-refractivity contribution < 1.29 is 4.79 Å². The summed E-state index contributed by atoms with van der Waals surface area (Å²) < 4.78 is 0.836. The fourth-order valence-corrected chi connectivity index (χ4v) is 1.32. The second kappa shape index (κ2) is 3.45. The monoisotopic (exact) mass is 203 g/mol. The summed E-state index contributed by atoms with van der Waals surface area (Å²) in [7, 11) is 0. The van der Waals surface area contributed by atoms with Crippen molar-refractivity contribution in [2.45, 2.75) is 0 Å². The van der Waals surface area contributed by atoms with Gasteiger partial charge in [0, 0.05) is 6.20 Å². The topological polar surface area (TPSA) is 80.9 Å². The molecule has 15 heavy (non-hydrogen) atoms. The van der Waals surface area contributed by atoms with E-state index < -0.39 is 11.7 Å². The predicted molar refractivity (Wildman–Crippen MR) is 55.5 cm³/mol. The number of H-pyrrole nitrogens is 1. The summed E-state index contributed by atoms with van der Waals surface area (Å²) in [6.45, 7) is 0. The Labute approximate surface area is 85.2 Å². The van der Waals surface area contributed by atoms with Crippen molar-refractivity contribution in [2.75, 3.05) is 0 Å². The first kappa shape index (κ1) is 9.26. The molecule has 5 nitrogen and oxygen atoms in total. The lowest BCUT2D eigenvalue weighted by atomic mass is 10.2. The maximum absolute atomic E-state index is 11.3. The quantitative estimate of drug-likeness (QED) is 0.717. The number of amides is 1. The van der Waals surface area contributed by atoms with Crippen LogP contribution in [0.2, 0.25) is 0 Å². The standard InChI is InChI=1S/C10H9N3O2/c11-9(14)13-6-8(12-10(13)15)7-4-2-1-3-5-7/h1-6H,(H2,11,14)(H,12,15). The van der Waals surface area contributed by atoms with E-state index in [2.05, 4.69) is 4.98 Å². The molecule has 0 unspecified atom stereocenters. The highest BCUT2D eigenvalue weighted by Gasteiger charge is 2.07. The number of benzene rings is 1. The number of carbonyl (C=O) groups excluding carboxylic acids is 1. The van der Waals surface area contributed by atoms with Gasteiger partial charge in [-0.15, -0.1) is 0 Å². The number of imidazole rings is 1. The zero-order valence-corrected chi connectivity index (χ0v) is 7.81. The van der Waals surface area contributed by atoms with Gasteiger partial charge in [0.1, 0.15) is 0 Å². The first-order valence-corrected chi connectivity index (χ1v) is 4.35. The second-order valence-corrected chi connectivity index (χ2v) is 3.05. The molecule has 0 spiro atoms. The minimum Gasteiger partial charge on any atom is -0.351 e. The highest BCUT2D eigenvalue weighted by Crippen LogP contribution is 2.13. The maximum Gasteiger partial charge on any atom is 0.334 e. The highest BCUT2D eigenvalue weighted by atomic mass is 16.2. The summed E-state index contributed by atoms with van der Waals surface area (Å²) in [5.41, 5.74) is 5.88. The van der Waals surface area contributed by atoms with Gasteiger partial charge in [0.05, 0.1) is 5.69 Å². The summed E-state index contributed by atoms with van der Waals surface area (Å²) in [4.78, 5) is 24.6. The molecule has 5 heteroatoms. The first-order chi connectivity index (χ1) is 7.18. The van der Waals surface area contributed by atoms with E-state index >= 15 is 0 Å². The van der Waals surface area contributed by atoms with Crippen molar-refractivity contribution in [3.8, 4) is 11.3 Å². The molecule has 0 radical (unpaired) electrons. The Morgan fingerprint density at radius 3 is 2.47 bits per heavy atom. The fourth-order valence-electron chi connectivity index (χ4n) is 1.32. The highest BCUT2D eigenvalue weighted by molar-refractivity contribution is 5.75. The molecule has 0 saturated carbocycles. The normalized spacial score (nSPS) is 10.1. The van der Waals surface area contributed by atoms with Crippen LogP contribution in [0.5, 0.6) is 0 Å². The minimum absolute atomic E-state index is 0.527. The molecule has 0 aliphatic heterocycles. The van der Waals surface area contributed by atoms with Crippen molar-refractivity contribution in [1.29, 1.82) is 0 Å². The molecule has 0 atom stereocenters. The number of nitrogens with zero attached hydrogens (tertiary/aromatic N) is 1. The molecule has 76 valence electrons. The Bertz CT molecular complexity index is 539. The first-order valence-electron chi connectivity index (χ1n) is 4.35. The van der Waals surface area contributed by atoms with Crippen molar-refractivity contribution >= 4 is 6.03 Å². The van der Waals surface area contributed by atoms with Crippen LogP contribution in [-0.4, -0.2) is 15.6 Å². The van der Waals surface area contributed by atoms with Crippen LogP contribution in [-0.2, 0) is 0 Å². The SMILES string of the molecule is NC(=O)n1cc(-c2ccccc2)[nH]c1=O. The average Bonchev–Trinajstić information content (AvgIpc) is 2.62. The molecule has 2 rings (SSSR count). The Morgan fingerprint density at radius 2 is 1.93 bits per heavy atom. The lowest BCUT2D eigenvalue weighted by Gasteiger charge is -1.94. The Hall–Kier alpha value is -2.30. The van der Waals surface area contributed by atoms with Crippen LogP contribution in [0.15, 0.2) is 41.3 Å². The van der Waals surface area contributed by atoms with Crippen molar-refractivity contribution in [3.63, 3.8) is 0 Å². The third-order valence-corrected chi connectivity index (χ3v) is 2.04. The third kappa shape index (κ3) is 1.67. The summed E-state index contributed by atoms with van der Waals surface area (Å²) in [6, 6.07) is 8.42. The van der Waals surface area contributed by atoms with Crippen LogP contribution >= 0.6 is 0 Å². The predicted octanol–water partition coefficient (Wildman–Crippen LogP) is 0.770. The number of aromatic amines is 1. The van der Waals surface area contributed by atoms with E-state index in [0.29, 0.717) is 5.69 Å². The Morgan fingerprint density at radius 1 is 1.27 bits per heavy atom. The lowest BCUT2D eigenvalue weighted by Crippen LogP contribution is -2.28. The van der Waals surface area contributed by atoms with E-state index in [1.54, 1.807) is 0 Å². The molecule has 0 saturated heterocycles. The summed E-state index contributed by atoms with van der Waals surface area (Å²) in [5, 5.41) is 0. The van der Waals surface area contributed by atoms with Crippen LogP contribution in [0.4, 0.5) is 4.79 Å². The summed E-state index contributed by atoms with van der Waals surface area (Å²) in [5.74, 6) is 0. The smallest absolute Gasteiger partial charge is 0.334 e. The number of nitrogens with two attached hydrogens (primary N) is 1. The molecule has 0 aliphatic rings. The average molecular weight is 203 g/mol. The van der Waals surface area contributed by atoms with Crippen LogP contribution in [0.1, 0.15) is 0 Å². The van der Waals surface area contributed by atoms with E-state index in [9.17, 15) is 9.59 Å². The molecular formula is C10H9N3O2. The van der Waals surface area contributed by atoms with Gasteiger partial charge < -0.3 is 10.7 Å². The van der Waals surface area contributed by atoms with Crippen molar-refractivity contribution in [3.05, 3.63) is 47.0 Å². The zero-order chi connectivity index (χ0) is 10.8. The lowest BCUT2D eigenvalue weighted by molar-refractivity contribution is 0.249. The second-order valence-electron chi connectivity index (χ2n) is 3.05. The molecule has 0 bridgehead atoms. The van der Waals surface area contributed by atoms with Gasteiger partial charge in [0.25, 0.3) is 0 Å². The van der Waals surface area contributed by atoms with E-state index in [4.69, 9.17) is 5.73 Å². The molecular weight excluding hydrogens is 194 g/mol. The van der Waals surface area contributed by atoms with Gasteiger partial charge in [-0.25, -0.2) is 14.2 Å². The molecule has 1 amide bonds. The Kier molecular flexibility index (Phi) is 2.13. The van der Waals surface area contributed by atoms with Crippen LogP contribution in [0.25, 0.3) is 11.3 Å². The number of nitrogens with one attached hydrogen (secondary N) is 1. The molecule has 1 aromatic heterocycles. The van der Waals surface area contributed by atoms with Gasteiger partial charge >= 0.3 is 11.7 Å². The van der Waals surface area contributed by atoms with Gasteiger partial charge in [-0.3, -0.25) is 0 Å². The number of carbonyl (C=O) groups is 1. The van der Waals surface area contributed by atoms with Gasteiger partial charge in [0.15, 0.2) is 0 Å². The minimum atomic E-state index is -0.793. The van der Waals surface area contributed by atoms with Crippen molar-refractivity contribution in [1.82, 2.24) is 9.55 Å². The summed E-state index contributed by atoms with van der Waals surface area (Å²) in [6.07, 6.45) is 1.39. The molecule has 1 heterocycles. The maximum atomic E-state index is 11.3. The largest absolute Gasteiger partial charge is 0.351 e. The van der Waals surface area contributed by atoms with Crippen LogP contribution < -0.4 is 11.4 Å². The number of aromatic nitrogens is 2. The Balaban J connectivity index is 2.53. The third-order valence-electron chi connectivity index (χ3n) is 2.04. The van der Waals surface area contributed by atoms with E-state index in [1.165, 1.54) is 6.20 Å². The zero-order valence-electron chi connectivity index (χ0n) is 7.81. The van der Waals surface area contributed by atoms with Gasteiger partial charge in [0.2, 0.25) is 0 Å². The summed E-state index contributed by atoms with van der Waals surface area (Å²) >= 11 is 0. The molecule has 3 N–H and O–H groups in total. The van der Waals surface area contributed by atoms with Crippen molar-refractivity contribution in [2.24, 2.45) is 5.73 Å². The number of primary amides is 1. The molecule has 0 fully saturated rings. The van der Waals surface area contributed by atoms with Gasteiger partial charge in [-0.2, -0.15) is 0 Å².